The van der Waals surface area contributed by atoms with Crippen LogP contribution in [0.5, 0.6) is 0 Å². The molecule has 2 aliphatic carbocycles. The van der Waals surface area contributed by atoms with Crippen LogP contribution >= 0.6 is 11.3 Å². The number of ether oxygens (including phenoxy) is 1. The van der Waals surface area contributed by atoms with E-state index >= 15 is 0 Å². The van der Waals surface area contributed by atoms with Crippen molar-refractivity contribution >= 4 is 34.0 Å². The summed E-state index contributed by atoms with van der Waals surface area (Å²) < 4.78 is 5.39. The van der Waals surface area contributed by atoms with Gasteiger partial charge in [-0.15, -0.1) is 11.3 Å². The molecule has 3 aliphatic rings. The lowest BCUT2D eigenvalue weighted by Crippen LogP contribution is -2.30. The van der Waals surface area contributed by atoms with E-state index in [9.17, 15) is 9.59 Å². The number of nitrogens with zero attached hydrogens (tertiary/aromatic N) is 2. The van der Waals surface area contributed by atoms with Crippen molar-refractivity contribution in [2.24, 2.45) is 11.8 Å². The molecule has 0 radical (unpaired) electrons. The van der Waals surface area contributed by atoms with Crippen LogP contribution in [0.1, 0.15) is 44.1 Å². The van der Waals surface area contributed by atoms with Crippen molar-refractivity contribution in [3.63, 3.8) is 0 Å². The van der Waals surface area contributed by atoms with Gasteiger partial charge < -0.3 is 15.0 Å². The van der Waals surface area contributed by atoms with Crippen LogP contribution in [0.3, 0.4) is 0 Å². The maximum atomic E-state index is 12.6. The fourth-order valence-corrected chi connectivity index (χ4v) is 5.30. The van der Waals surface area contributed by atoms with Crippen LogP contribution in [0.2, 0.25) is 0 Å². The van der Waals surface area contributed by atoms with Gasteiger partial charge in [0.15, 0.2) is 5.13 Å². The number of nitrogens with one attached hydrogen (secondary N) is 1. The van der Waals surface area contributed by atoms with E-state index in [1.54, 1.807) is 7.11 Å². The van der Waals surface area contributed by atoms with Crippen LogP contribution < -0.4 is 10.2 Å². The quantitative estimate of drug-likeness (QED) is 0.777. The summed E-state index contributed by atoms with van der Waals surface area (Å²) in [6.07, 6.45) is 6.84. The maximum Gasteiger partial charge on any atom is 0.230 e. The first-order chi connectivity index (χ1) is 14.6. The van der Waals surface area contributed by atoms with Crippen molar-refractivity contribution in [2.75, 3.05) is 23.9 Å². The molecular formula is C23H27N3O3S. The highest BCUT2D eigenvalue weighted by Crippen LogP contribution is 2.38. The normalized spacial score (nSPS) is 23.3. The smallest absolute Gasteiger partial charge is 0.230 e. The first kappa shape index (κ1) is 19.7. The van der Waals surface area contributed by atoms with Crippen molar-refractivity contribution in [2.45, 2.75) is 51.0 Å². The highest BCUT2D eigenvalue weighted by atomic mass is 32.1. The number of benzene rings is 1. The topological polar surface area (TPSA) is 71.5 Å². The Morgan fingerprint density at radius 3 is 2.63 bits per heavy atom. The van der Waals surface area contributed by atoms with Crippen molar-refractivity contribution < 1.29 is 14.3 Å². The van der Waals surface area contributed by atoms with E-state index in [1.807, 2.05) is 22.4 Å². The minimum Gasteiger partial charge on any atom is -0.381 e. The third kappa shape index (κ3) is 3.88. The van der Waals surface area contributed by atoms with Gasteiger partial charge in [0.05, 0.1) is 11.8 Å². The van der Waals surface area contributed by atoms with Gasteiger partial charge in [0.25, 0.3) is 0 Å². The Balaban J connectivity index is 1.25. The first-order valence-corrected chi connectivity index (χ1v) is 11.7. The predicted molar refractivity (Wildman–Crippen MR) is 118 cm³/mol. The summed E-state index contributed by atoms with van der Waals surface area (Å²) in [4.78, 5) is 31.7. The predicted octanol–water partition coefficient (Wildman–Crippen LogP) is 4.25. The Labute approximate surface area is 180 Å². The van der Waals surface area contributed by atoms with Gasteiger partial charge in [-0.2, -0.15) is 0 Å². The van der Waals surface area contributed by atoms with E-state index in [1.165, 1.54) is 16.9 Å². The van der Waals surface area contributed by atoms with Gasteiger partial charge in [-0.1, -0.05) is 6.07 Å². The molecule has 1 aliphatic heterocycles. The van der Waals surface area contributed by atoms with Gasteiger partial charge >= 0.3 is 0 Å². The molecule has 2 amide bonds. The minimum absolute atomic E-state index is 0.0405. The molecule has 2 heterocycles. The molecule has 6 nitrogen and oxygen atoms in total. The number of hydrogen-bond acceptors (Lipinski definition) is 5. The monoisotopic (exact) mass is 425 g/mol. The zero-order chi connectivity index (χ0) is 20.7. The number of carbonyl (C=O) groups is 2. The van der Waals surface area contributed by atoms with E-state index in [2.05, 4.69) is 16.4 Å². The molecular weight excluding hydrogens is 398 g/mol. The van der Waals surface area contributed by atoms with Gasteiger partial charge in [-0.3, -0.25) is 9.59 Å². The molecule has 5 rings (SSSR count). The fraction of sp³-hybridized carbons (Fsp3) is 0.522. The summed E-state index contributed by atoms with van der Waals surface area (Å²) >= 11 is 1.46. The number of amides is 2. The molecule has 1 aromatic carbocycles. The molecule has 1 N–H and O–H groups in total. The number of fused-ring (bicyclic) bond motifs is 1. The highest BCUT2D eigenvalue weighted by molar-refractivity contribution is 7.14. The summed E-state index contributed by atoms with van der Waals surface area (Å²) in [5, 5.41) is 5.64. The lowest BCUT2D eigenvalue weighted by Gasteiger charge is -2.26. The third-order valence-electron chi connectivity index (χ3n) is 6.58. The number of hydrogen-bond donors (Lipinski definition) is 1. The lowest BCUT2D eigenvalue weighted by molar-refractivity contribution is -0.121. The molecule has 30 heavy (non-hydrogen) atoms. The Kier molecular flexibility index (Phi) is 5.33. The number of methoxy groups -OCH3 is 1. The van der Waals surface area contributed by atoms with Crippen molar-refractivity contribution in [1.29, 1.82) is 0 Å². The Hall–Kier alpha value is -2.25. The van der Waals surface area contributed by atoms with E-state index < -0.39 is 0 Å². The van der Waals surface area contributed by atoms with Gasteiger partial charge in [-0.05, 0) is 62.6 Å². The standard InChI is InChI=1S/C23H27N3O3S/c1-29-18-7-4-14(5-8-18)21(27)25-23-24-19(13-30-23)16-6-9-20-17(12-16)10-11-26(20)22(28)15-2-3-15/h6,9,12-15,18H,2-5,7-8,10-11H2,1H3,(H,24,25,27). The van der Waals surface area contributed by atoms with E-state index in [0.717, 1.165) is 68.4 Å². The van der Waals surface area contributed by atoms with Gasteiger partial charge in [0.2, 0.25) is 11.8 Å². The van der Waals surface area contributed by atoms with Gasteiger partial charge in [0, 0.05) is 42.1 Å². The van der Waals surface area contributed by atoms with Crippen LogP contribution in [0, 0.1) is 11.8 Å². The summed E-state index contributed by atoms with van der Waals surface area (Å²) in [6.45, 7) is 0.776. The highest BCUT2D eigenvalue weighted by Gasteiger charge is 2.36. The number of rotatable bonds is 5. The SMILES string of the molecule is COC1CCC(C(=O)Nc2nc(-c3ccc4c(c3)CCN4C(=O)C3CC3)cs2)CC1. The third-order valence-corrected chi connectivity index (χ3v) is 7.33. The summed E-state index contributed by atoms with van der Waals surface area (Å²) in [7, 11) is 1.74. The molecule has 0 bridgehead atoms. The second-order valence-electron chi connectivity index (χ2n) is 8.59. The van der Waals surface area contributed by atoms with Crippen LogP contribution in [0.4, 0.5) is 10.8 Å². The molecule has 0 atom stereocenters. The van der Waals surface area contributed by atoms with Gasteiger partial charge in [-0.25, -0.2) is 4.98 Å². The summed E-state index contributed by atoms with van der Waals surface area (Å²) in [5.74, 6) is 0.622. The van der Waals surface area contributed by atoms with Crippen LogP contribution in [0.15, 0.2) is 23.6 Å². The molecule has 0 saturated heterocycles. The summed E-state index contributed by atoms with van der Waals surface area (Å²) in [6, 6.07) is 6.22. The second kappa shape index (κ2) is 8.12. The summed E-state index contributed by atoms with van der Waals surface area (Å²) in [5.41, 5.74) is 4.15. The van der Waals surface area contributed by atoms with Crippen molar-refractivity contribution in [1.82, 2.24) is 4.98 Å². The molecule has 2 fully saturated rings. The molecule has 0 unspecified atom stereocenters. The van der Waals surface area contributed by atoms with Crippen LogP contribution in [0.25, 0.3) is 11.3 Å². The maximum absolute atomic E-state index is 12.6. The molecule has 2 saturated carbocycles. The van der Waals surface area contributed by atoms with E-state index in [-0.39, 0.29) is 29.8 Å². The van der Waals surface area contributed by atoms with E-state index in [0.29, 0.717) is 5.13 Å². The second-order valence-corrected chi connectivity index (χ2v) is 9.45. The Morgan fingerprint density at radius 1 is 1.13 bits per heavy atom. The molecule has 1 aromatic heterocycles. The molecule has 0 spiro atoms. The van der Waals surface area contributed by atoms with Gasteiger partial charge in [0.1, 0.15) is 0 Å². The zero-order valence-electron chi connectivity index (χ0n) is 17.2. The number of carbonyl (C=O) groups excluding carboxylic acids is 2. The van der Waals surface area contributed by atoms with Crippen molar-refractivity contribution in [3.05, 3.63) is 29.1 Å². The largest absolute Gasteiger partial charge is 0.381 e. The molecule has 158 valence electrons. The Morgan fingerprint density at radius 2 is 1.90 bits per heavy atom. The average Bonchev–Trinajstić information content (AvgIpc) is 3.38. The zero-order valence-corrected chi connectivity index (χ0v) is 18.0. The minimum atomic E-state index is 0.0405. The number of aromatic nitrogens is 1. The fourth-order valence-electron chi connectivity index (χ4n) is 4.57. The van der Waals surface area contributed by atoms with Crippen molar-refractivity contribution in [3.8, 4) is 11.3 Å². The van der Waals surface area contributed by atoms with Crippen LogP contribution in [-0.4, -0.2) is 36.6 Å². The average molecular weight is 426 g/mol. The number of anilines is 2. The van der Waals surface area contributed by atoms with Crippen LogP contribution in [-0.2, 0) is 20.7 Å². The first-order valence-electron chi connectivity index (χ1n) is 10.9. The Bertz CT molecular complexity index is 960. The molecule has 7 heteroatoms. The van der Waals surface area contributed by atoms with E-state index in [4.69, 9.17) is 4.74 Å². The number of thiazole rings is 1. The lowest BCUT2D eigenvalue weighted by atomic mass is 9.87. The molecule has 2 aromatic rings.